The third-order valence-corrected chi connectivity index (χ3v) is 3.66. The summed E-state index contributed by atoms with van der Waals surface area (Å²) in [6.45, 7) is 0. The monoisotopic (exact) mass is 322 g/mol. The standard InChI is InChI=1S/C12H11BrN4S/c13-9-3-1-2-8(6-9)11-5-4-10(18-11)7-16-17-12(14)15/h1-7H,(H4,14,15,17). The van der Waals surface area contributed by atoms with Crippen molar-refractivity contribution in [1.29, 1.82) is 0 Å². The third-order valence-electron chi connectivity index (χ3n) is 2.09. The highest BCUT2D eigenvalue weighted by Gasteiger charge is 2.01. The second-order valence-electron chi connectivity index (χ2n) is 3.48. The van der Waals surface area contributed by atoms with Gasteiger partial charge in [-0.2, -0.15) is 5.10 Å². The quantitative estimate of drug-likeness (QED) is 0.518. The molecule has 0 bridgehead atoms. The molecule has 0 saturated heterocycles. The van der Waals surface area contributed by atoms with Gasteiger partial charge in [-0.15, -0.1) is 16.4 Å². The zero-order valence-corrected chi connectivity index (χ0v) is 11.8. The number of nitrogens with two attached hydrogens (primary N) is 2. The van der Waals surface area contributed by atoms with E-state index in [2.05, 4.69) is 38.3 Å². The van der Waals surface area contributed by atoms with Gasteiger partial charge < -0.3 is 11.5 Å². The second kappa shape index (κ2) is 5.79. The molecule has 0 spiro atoms. The van der Waals surface area contributed by atoms with Crippen molar-refractivity contribution in [3.05, 3.63) is 45.7 Å². The number of hydrogen-bond acceptors (Lipinski definition) is 3. The maximum atomic E-state index is 5.18. The summed E-state index contributed by atoms with van der Waals surface area (Å²) in [5, 5.41) is 7.34. The normalized spacial score (nSPS) is 10.7. The van der Waals surface area contributed by atoms with Gasteiger partial charge in [0.1, 0.15) is 0 Å². The Hall–Kier alpha value is -1.66. The van der Waals surface area contributed by atoms with E-state index in [1.54, 1.807) is 17.6 Å². The Kier molecular flexibility index (Phi) is 4.11. The molecule has 1 aromatic carbocycles. The van der Waals surface area contributed by atoms with Crippen LogP contribution in [0.5, 0.6) is 0 Å². The predicted octanol–water partition coefficient (Wildman–Crippen LogP) is 2.78. The van der Waals surface area contributed by atoms with Gasteiger partial charge in [0.15, 0.2) is 0 Å². The summed E-state index contributed by atoms with van der Waals surface area (Å²) in [5.74, 6) is -0.0463. The molecule has 0 radical (unpaired) electrons. The third kappa shape index (κ3) is 3.41. The van der Waals surface area contributed by atoms with Crippen molar-refractivity contribution >= 4 is 39.4 Å². The molecule has 0 fully saturated rings. The van der Waals surface area contributed by atoms with Crippen LogP contribution < -0.4 is 11.5 Å². The van der Waals surface area contributed by atoms with Gasteiger partial charge in [-0.3, -0.25) is 0 Å². The lowest BCUT2D eigenvalue weighted by molar-refractivity contribution is 1.22. The summed E-state index contributed by atoms with van der Waals surface area (Å²) in [4.78, 5) is 2.16. The fraction of sp³-hybridized carbons (Fsp3) is 0. The lowest BCUT2D eigenvalue weighted by atomic mass is 10.2. The molecule has 0 aliphatic carbocycles. The van der Waals surface area contributed by atoms with Crippen LogP contribution in [0.15, 0.2) is 51.1 Å². The van der Waals surface area contributed by atoms with Crippen LogP contribution in [0.25, 0.3) is 10.4 Å². The number of rotatable bonds is 3. The Morgan fingerprint density at radius 2 is 2.06 bits per heavy atom. The van der Waals surface area contributed by atoms with Gasteiger partial charge in [-0.05, 0) is 29.8 Å². The van der Waals surface area contributed by atoms with Crippen LogP contribution in [0, 0.1) is 0 Å². The number of halogens is 1. The van der Waals surface area contributed by atoms with Crippen LogP contribution in [0.3, 0.4) is 0 Å². The Morgan fingerprint density at radius 1 is 1.22 bits per heavy atom. The van der Waals surface area contributed by atoms with Gasteiger partial charge in [0.2, 0.25) is 5.96 Å². The molecule has 4 nitrogen and oxygen atoms in total. The molecule has 0 aliphatic heterocycles. The minimum atomic E-state index is -0.0463. The van der Waals surface area contributed by atoms with Crippen molar-refractivity contribution in [3.8, 4) is 10.4 Å². The van der Waals surface area contributed by atoms with Gasteiger partial charge in [0.25, 0.3) is 0 Å². The number of guanidine groups is 1. The minimum absolute atomic E-state index is 0.0463. The Balaban J connectivity index is 2.20. The van der Waals surface area contributed by atoms with Crippen LogP contribution in [0.4, 0.5) is 0 Å². The van der Waals surface area contributed by atoms with Crippen LogP contribution in [0.2, 0.25) is 0 Å². The smallest absolute Gasteiger partial charge is 0.211 e. The summed E-state index contributed by atoms with van der Waals surface area (Å²) in [5.41, 5.74) is 11.5. The summed E-state index contributed by atoms with van der Waals surface area (Å²) < 4.78 is 1.06. The second-order valence-corrected chi connectivity index (χ2v) is 5.51. The molecular weight excluding hydrogens is 312 g/mol. The highest BCUT2D eigenvalue weighted by Crippen LogP contribution is 2.29. The van der Waals surface area contributed by atoms with E-state index in [9.17, 15) is 0 Å². The molecule has 4 N–H and O–H groups in total. The van der Waals surface area contributed by atoms with Gasteiger partial charge in [0.05, 0.1) is 6.21 Å². The molecule has 0 unspecified atom stereocenters. The van der Waals surface area contributed by atoms with Gasteiger partial charge in [-0.1, -0.05) is 28.1 Å². The van der Waals surface area contributed by atoms with Gasteiger partial charge in [0, 0.05) is 14.2 Å². The molecule has 1 heterocycles. The van der Waals surface area contributed by atoms with Crippen LogP contribution in [-0.4, -0.2) is 12.2 Å². The molecule has 2 rings (SSSR count). The maximum absolute atomic E-state index is 5.18. The molecule has 6 heteroatoms. The fourth-order valence-electron chi connectivity index (χ4n) is 1.37. The Labute approximate surface area is 117 Å². The molecule has 2 aromatic rings. The molecule has 0 aliphatic rings. The molecule has 0 atom stereocenters. The topological polar surface area (TPSA) is 76.8 Å². The first kappa shape index (κ1) is 12.8. The average Bonchev–Trinajstić information content (AvgIpc) is 2.77. The van der Waals surface area contributed by atoms with Crippen LogP contribution in [0.1, 0.15) is 4.88 Å². The van der Waals surface area contributed by atoms with Crippen molar-refractivity contribution in [2.45, 2.75) is 0 Å². The first-order valence-corrected chi connectivity index (χ1v) is 6.74. The van der Waals surface area contributed by atoms with E-state index in [-0.39, 0.29) is 5.96 Å². The first-order chi connectivity index (χ1) is 8.65. The zero-order chi connectivity index (χ0) is 13.0. The SMILES string of the molecule is NC(N)=NN=Cc1ccc(-c2cccc(Br)c2)s1. The Bertz CT molecular complexity index is 600. The lowest BCUT2D eigenvalue weighted by Crippen LogP contribution is -2.21. The number of thiophene rings is 1. The summed E-state index contributed by atoms with van der Waals surface area (Å²) in [6, 6.07) is 12.2. The minimum Gasteiger partial charge on any atom is -0.369 e. The molecule has 1 aromatic heterocycles. The number of hydrogen-bond donors (Lipinski definition) is 2. The summed E-state index contributed by atoms with van der Waals surface area (Å²) >= 11 is 5.08. The van der Waals surface area contributed by atoms with Gasteiger partial charge >= 0.3 is 0 Å². The molecule has 18 heavy (non-hydrogen) atoms. The van der Waals surface area contributed by atoms with E-state index >= 15 is 0 Å². The van der Waals surface area contributed by atoms with Crippen molar-refractivity contribution < 1.29 is 0 Å². The largest absolute Gasteiger partial charge is 0.369 e. The van der Waals surface area contributed by atoms with Crippen molar-refractivity contribution in [3.63, 3.8) is 0 Å². The van der Waals surface area contributed by atoms with Gasteiger partial charge in [-0.25, -0.2) is 0 Å². The maximum Gasteiger partial charge on any atom is 0.211 e. The average molecular weight is 323 g/mol. The zero-order valence-electron chi connectivity index (χ0n) is 9.38. The number of nitrogens with zero attached hydrogens (tertiary/aromatic N) is 2. The van der Waals surface area contributed by atoms with E-state index in [0.717, 1.165) is 14.9 Å². The van der Waals surface area contributed by atoms with E-state index in [4.69, 9.17) is 11.5 Å². The number of benzene rings is 1. The van der Waals surface area contributed by atoms with E-state index in [1.807, 2.05) is 24.3 Å². The van der Waals surface area contributed by atoms with Crippen molar-refractivity contribution in [2.75, 3.05) is 0 Å². The molecule has 0 saturated carbocycles. The van der Waals surface area contributed by atoms with Crippen LogP contribution >= 0.6 is 27.3 Å². The summed E-state index contributed by atoms with van der Waals surface area (Å²) in [6.07, 6.45) is 1.63. The van der Waals surface area contributed by atoms with Crippen molar-refractivity contribution in [1.82, 2.24) is 0 Å². The highest BCUT2D eigenvalue weighted by atomic mass is 79.9. The summed E-state index contributed by atoms with van der Waals surface area (Å²) in [7, 11) is 0. The van der Waals surface area contributed by atoms with E-state index < -0.39 is 0 Å². The molecule has 0 amide bonds. The molecular formula is C12H11BrN4S. The highest BCUT2D eigenvalue weighted by molar-refractivity contribution is 9.10. The van der Waals surface area contributed by atoms with E-state index in [1.165, 1.54) is 4.88 Å². The van der Waals surface area contributed by atoms with E-state index in [0.29, 0.717) is 0 Å². The van der Waals surface area contributed by atoms with Crippen molar-refractivity contribution in [2.24, 2.45) is 21.7 Å². The van der Waals surface area contributed by atoms with Crippen LogP contribution in [-0.2, 0) is 0 Å². The Morgan fingerprint density at radius 3 is 2.78 bits per heavy atom. The fourth-order valence-corrected chi connectivity index (χ4v) is 2.64. The predicted molar refractivity (Wildman–Crippen MR) is 80.9 cm³/mol. The lowest BCUT2D eigenvalue weighted by Gasteiger charge is -1.96. The molecule has 92 valence electrons. The first-order valence-electron chi connectivity index (χ1n) is 5.13.